The van der Waals surface area contributed by atoms with E-state index in [-0.39, 0.29) is 0 Å². The average Bonchev–Trinajstić information content (AvgIpc) is 2.30. The van der Waals surface area contributed by atoms with Gasteiger partial charge >= 0.3 is 0 Å². The summed E-state index contributed by atoms with van der Waals surface area (Å²) in [4.78, 5) is 10.9. The lowest BCUT2D eigenvalue weighted by atomic mass is 10.1. The topological polar surface area (TPSA) is 38.2 Å². The summed E-state index contributed by atoms with van der Waals surface area (Å²) in [5.41, 5.74) is 0.956. The van der Waals surface area contributed by atoms with Crippen molar-refractivity contribution in [2.24, 2.45) is 5.92 Å². The molecule has 0 amide bonds. The van der Waals surface area contributed by atoms with Gasteiger partial charge in [0.05, 0.1) is 30.8 Å². The van der Waals surface area contributed by atoms with Crippen LogP contribution in [0.2, 0.25) is 0 Å². The Morgan fingerprint density at radius 2 is 2.19 bits per heavy atom. The third-order valence-electron chi connectivity index (χ3n) is 2.93. The van der Waals surface area contributed by atoms with Gasteiger partial charge in [0.15, 0.2) is 0 Å². The highest BCUT2D eigenvalue weighted by atomic mass is 16.5. The molecule has 1 saturated heterocycles. The molecule has 1 aromatic heterocycles. The van der Waals surface area contributed by atoms with Crippen LogP contribution >= 0.6 is 0 Å². The van der Waals surface area contributed by atoms with Crippen molar-refractivity contribution in [3.8, 4) is 0 Å². The number of hydrogen-bond acceptors (Lipinski definition) is 4. The van der Waals surface area contributed by atoms with E-state index in [0.717, 1.165) is 31.2 Å². The SMILES string of the molecule is Cc1cnc(N2CCOC(C(C)C)C2)cn1. The van der Waals surface area contributed by atoms with Crippen LogP contribution in [0.1, 0.15) is 19.5 Å². The van der Waals surface area contributed by atoms with Gasteiger partial charge in [-0.15, -0.1) is 0 Å². The average molecular weight is 221 g/mol. The van der Waals surface area contributed by atoms with E-state index in [1.165, 1.54) is 0 Å². The van der Waals surface area contributed by atoms with E-state index >= 15 is 0 Å². The molecule has 1 aliphatic rings. The van der Waals surface area contributed by atoms with Crippen molar-refractivity contribution in [2.75, 3.05) is 24.6 Å². The molecule has 1 fully saturated rings. The summed E-state index contributed by atoms with van der Waals surface area (Å²) in [5.74, 6) is 1.50. The number of nitrogens with zero attached hydrogens (tertiary/aromatic N) is 3. The summed E-state index contributed by atoms with van der Waals surface area (Å²) in [6, 6.07) is 0. The van der Waals surface area contributed by atoms with Crippen molar-refractivity contribution in [3.05, 3.63) is 18.1 Å². The number of rotatable bonds is 2. The first kappa shape index (κ1) is 11.3. The highest BCUT2D eigenvalue weighted by molar-refractivity contribution is 5.36. The Morgan fingerprint density at radius 3 is 2.81 bits per heavy atom. The minimum absolute atomic E-state index is 0.303. The van der Waals surface area contributed by atoms with Crippen LogP contribution in [0.15, 0.2) is 12.4 Å². The minimum atomic E-state index is 0.303. The van der Waals surface area contributed by atoms with Gasteiger partial charge in [-0.1, -0.05) is 13.8 Å². The molecule has 1 atom stereocenters. The number of anilines is 1. The van der Waals surface area contributed by atoms with Gasteiger partial charge in [-0.2, -0.15) is 0 Å². The Bertz CT molecular complexity index is 337. The van der Waals surface area contributed by atoms with E-state index in [2.05, 4.69) is 28.7 Å². The van der Waals surface area contributed by atoms with E-state index in [4.69, 9.17) is 4.74 Å². The fourth-order valence-corrected chi connectivity index (χ4v) is 1.84. The second-order valence-electron chi connectivity index (χ2n) is 4.62. The van der Waals surface area contributed by atoms with Crippen LogP contribution in [-0.4, -0.2) is 35.8 Å². The van der Waals surface area contributed by atoms with E-state index in [0.29, 0.717) is 12.0 Å². The molecule has 0 aromatic carbocycles. The maximum absolute atomic E-state index is 5.72. The molecular formula is C12H19N3O. The van der Waals surface area contributed by atoms with Gasteiger partial charge in [-0.05, 0) is 12.8 Å². The van der Waals surface area contributed by atoms with Crippen molar-refractivity contribution in [1.82, 2.24) is 9.97 Å². The Labute approximate surface area is 96.7 Å². The number of aryl methyl sites for hydroxylation is 1. The molecule has 0 saturated carbocycles. The Morgan fingerprint density at radius 1 is 1.38 bits per heavy atom. The van der Waals surface area contributed by atoms with Gasteiger partial charge in [-0.25, -0.2) is 4.98 Å². The Balaban J connectivity index is 2.06. The van der Waals surface area contributed by atoms with E-state index in [9.17, 15) is 0 Å². The summed E-state index contributed by atoms with van der Waals surface area (Å²) in [6.45, 7) is 8.92. The molecule has 88 valence electrons. The van der Waals surface area contributed by atoms with Gasteiger partial charge in [-0.3, -0.25) is 4.98 Å². The van der Waals surface area contributed by atoms with E-state index < -0.39 is 0 Å². The third kappa shape index (κ3) is 2.50. The fourth-order valence-electron chi connectivity index (χ4n) is 1.84. The maximum Gasteiger partial charge on any atom is 0.147 e. The van der Waals surface area contributed by atoms with Crippen LogP contribution in [0.4, 0.5) is 5.82 Å². The predicted octanol–water partition coefficient (Wildman–Crippen LogP) is 1.65. The zero-order chi connectivity index (χ0) is 11.5. The summed E-state index contributed by atoms with van der Waals surface area (Å²) < 4.78 is 5.72. The lowest BCUT2D eigenvalue weighted by Crippen LogP contribution is -2.45. The lowest BCUT2D eigenvalue weighted by molar-refractivity contribution is 0.0111. The van der Waals surface area contributed by atoms with Crippen LogP contribution in [0, 0.1) is 12.8 Å². The minimum Gasteiger partial charge on any atom is -0.374 e. The molecule has 0 spiro atoms. The van der Waals surface area contributed by atoms with Crippen LogP contribution < -0.4 is 4.90 Å². The molecule has 0 N–H and O–H groups in total. The molecule has 4 nitrogen and oxygen atoms in total. The zero-order valence-electron chi connectivity index (χ0n) is 10.2. The molecule has 16 heavy (non-hydrogen) atoms. The van der Waals surface area contributed by atoms with Crippen molar-refractivity contribution < 1.29 is 4.74 Å². The first-order valence-corrected chi connectivity index (χ1v) is 5.82. The molecule has 0 radical (unpaired) electrons. The highest BCUT2D eigenvalue weighted by Gasteiger charge is 2.23. The monoisotopic (exact) mass is 221 g/mol. The number of morpholine rings is 1. The zero-order valence-corrected chi connectivity index (χ0v) is 10.2. The van der Waals surface area contributed by atoms with Gasteiger partial charge < -0.3 is 9.64 Å². The van der Waals surface area contributed by atoms with Crippen molar-refractivity contribution in [2.45, 2.75) is 26.9 Å². The predicted molar refractivity (Wildman–Crippen MR) is 63.6 cm³/mol. The van der Waals surface area contributed by atoms with Crippen LogP contribution in [0.5, 0.6) is 0 Å². The summed E-state index contributed by atoms with van der Waals surface area (Å²) >= 11 is 0. The molecule has 1 aliphatic heterocycles. The van der Waals surface area contributed by atoms with Crippen LogP contribution in [0.25, 0.3) is 0 Å². The second kappa shape index (κ2) is 4.78. The van der Waals surface area contributed by atoms with Gasteiger partial charge in [0.2, 0.25) is 0 Å². The smallest absolute Gasteiger partial charge is 0.147 e. The quantitative estimate of drug-likeness (QED) is 0.761. The maximum atomic E-state index is 5.72. The first-order valence-electron chi connectivity index (χ1n) is 5.82. The van der Waals surface area contributed by atoms with Gasteiger partial charge in [0, 0.05) is 13.1 Å². The lowest BCUT2D eigenvalue weighted by Gasteiger charge is -2.35. The molecule has 2 heterocycles. The molecule has 0 aliphatic carbocycles. The summed E-state index contributed by atoms with van der Waals surface area (Å²) in [6.07, 6.45) is 3.96. The van der Waals surface area contributed by atoms with Crippen molar-refractivity contribution in [1.29, 1.82) is 0 Å². The third-order valence-corrected chi connectivity index (χ3v) is 2.93. The molecule has 1 aromatic rings. The fraction of sp³-hybridized carbons (Fsp3) is 0.667. The normalized spacial score (nSPS) is 21.5. The van der Waals surface area contributed by atoms with E-state index in [1.807, 2.05) is 19.3 Å². The van der Waals surface area contributed by atoms with Crippen molar-refractivity contribution >= 4 is 5.82 Å². The molecule has 4 heteroatoms. The summed E-state index contributed by atoms with van der Waals surface area (Å²) in [5, 5.41) is 0. The summed E-state index contributed by atoms with van der Waals surface area (Å²) in [7, 11) is 0. The standard InChI is InChI=1S/C12H19N3O/c1-9(2)11-8-15(4-5-16-11)12-7-13-10(3)6-14-12/h6-7,9,11H,4-5,8H2,1-3H3. The van der Waals surface area contributed by atoms with Crippen molar-refractivity contribution in [3.63, 3.8) is 0 Å². The molecule has 1 unspecified atom stereocenters. The van der Waals surface area contributed by atoms with Crippen LogP contribution in [-0.2, 0) is 4.74 Å². The second-order valence-corrected chi connectivity index (χ2v) is 4.62. The Hall–Kier alpha value is -1.16. The number of hydrogen-bond donors (Lipinski definition) is 0. The first-order chi connectivity index (χ1) is 7.66. The van der Waals surface area contributed by atoms with Crippen LogP contribution in [0.3, 0.4) is 0 Å². The molecule has 2 rings (SSSR count). The van der Waals surface area contributed by atoms with E-state index in [1.54, 1.807) is 0 Å². The number of ether oxygens (including phenoxy) is 1. The molecular weight excluding hydrogens is 202 g/mol. The number of aromatic nitrogens is 2. The van der Waals surface area contributed by atoms with Gasteiger partial charge in [0.25, 0.3) is 0 Å². The highest BCUT2D eigenvalue weighted by Crippen LogP contribution is 2.18. The molecule has 0 bridgehead atoms. The Kier molecular flexibility index (Phi) is 3.39. The van der Waals surface area contributed by atoms with Gasteiger partial charge in [0.1, 0.15) is 5.82 Å². The largest absolute Gasteiger partial charge is 0.374 e.